The molecule has 104 valence electrons. The molecule has 0 aliphatic rings. The number of carbonyl (C=O) groups excluding carboxylic acids is 1. The van der Waals surface area contributed by atoms with E-state index in [1.165, 1.54) is 0 Å². The van der Waals surface area contributed by atoms with Crippen molar-refractivity contribution in [2.24, 2.45) is 0 Å². The molecule has 4 heteroatoms. The van der Waals surface area contributed by atoms with Crippen LogP contribution in [-0.2, 0) is 26.8 Å². The van der Waals surface area contributed by atoms with Crippen LogP contribution in [0.15, 0.2) is 53.4 Å². The highest BCUT2D eigenvalue weighted by Crippen LogP contribution is 2.20. The smallest absolute Gasteiger partial charge is 0.182 e. The Labute approximate surface area is 119 Å². The molecule has 0 fully saturated rings. The number of hydrogen-bond acceptors (Lipinski definition) is 3. The molecule has 0 bridgehead atoms. The lowest BCUT2D eigenvalue weighted by molar-refractivity contribution is -0.107. The van der Waals surface area contributed by atoms with E-state index in [1.54, 1.807) is 30.3 Å². The molecule has 0 spiro atoms. The van der Waals surface area contributed by atoms with Gasteiger partial charge in [-0.15, -0.1) is 0 Å². The van der Waals surface area contributed by atoms with E-state index in [2.05, 4.69) is 0 Å². The van der Waals surface area contributed by atoms with Crippen molar-refractivity contribution in [2.75, 3.05) is 0 Å². The summed E-state index contributed by atoms with van der Waals surface area (Å²) in [6.45, 7) is 1.82. The highest BCUT2D eigenvalue weighted by atomic mass is 32.2. The molecule has 20 heavy (non-hydrogen) atoms. The first kappa shape index (κ1) is 14.5. The van der Waals surface area contributed by atoms with Crippen molar-refractivity contribution in [2.45, 2.75) is 24.0 Å². The SMILES string of the molecule is Cc1cc(S(=O)(=O)Cc2ccccc2)ccc1CC=O. The van der Waals surface area contributed by atoms with E-state index in [0.717, 1.165) is 23.0 Å². The minimum atomic E-state index is -3.36. The fraction of sp³-hybridized carbons (Fsp3) is 0.188. The first-order chi connectivity index (χ1) is 9.53. The highest BCUT2D eigenvalue weighted by molar-refractivity contribution is 7.90. The predicted octanol–water partition coefficient (Wildman–Crippen LogP) is 2.71. The van der Waals surface area contributed by atoms with Gasteiger partial charge in [-0.2, -0.15) is 0 Å². The van der Waals surface area contributed by atoms with Crippen LogP contribution in [0.1, 0.15) is 16.7 Å². The van der Waals surface area contributed by atoms with Gasteiger partial charge in [-0.1, -0.05) is 36.4 Å². The van der Waals surface area contributed by atoms with Crippen molar-refractivity contribution >= 4 is 16.1 Å². The Morgan fingerprint density at radius 2 is 1.75 bits per heavy atom. The Hall–Kier alpha value is -1.94. The minimum Gasteiger partial charge on any atom is -0.303 e. The van der Waals surface area contributed by atoms with Crippen molar-refractivity contribution in [1.29, 1.82) is 0 Å². The molecule has 0 saturated heterocycles. The summed E-state index contributed by atoms with van der Waals surface area (Å²) in [6, 6.07) is 14.0. The van der Waals surface area contributed by atoms with Gasteiger partial charge in [0.15, 0.2) is 9.84 Å². The molecule has 2 aromatic rings. The van der Waals surface area contributed by atoms with E-state index < -0.39 is 9.84 Å². The normalized spacial score (nSPS) is 11.2. The van der Waals surface area contributed by atoms with Crippen LogP contribution >= 0.6 is 0 Å². The lowest BCUT2D eigenvalue weighted by atomic mass is 10.1. The first-order valence-corrected chi connectivity index (χ1v) is 7.98. The molecule has 0 aliphatic heterocycles. The van der Waals surface area contributed by atoms with E-state index in [4.69, 9.17) is 0 Å². The van der Waals surface area contributed by atoms with E-state index in [9.17, 15) is 13.2 Å². The van der Waals surface area contributed by atoms with Crippen LogP contribution in [-0.4, -0.2) is 14.7 Å². The van der Waals surface area contributed by atoms with Crippen LogP contribution in [0, 0.1) is 6.92 Å². The van der Waals surface area contributed by atoms with Gasteiger partial charge in [0.2, 0.25) is 0 Å². The molecule has 0 N–H and O–H groups in total. The van der Waals surface area contributed by atoms with Gasteiger partial charge in [-0.3, -0.25) is 0 Å². The van der Waals surface area contributed by atoms with Crippen molar-refractivity contribution in [1.82, 2.24) is 0 Å². The number of benzene rings is 2. The topological polar surface area (TPSA) is 51.2 Å². The summed E-state index contributed by atoms with van der Waals surface area (Å²) < 4.78 is 24.7. The van der Waals surface area contributed by atoms with Crippen LogP contribution in [0.4, 0.5) is 0 Å². The maximum Gasteiger partial charge on any atom is 0.182 e. The lowest BCUT2D eigenvalue weighted by Crippen LogP contribution is -2.06. The monoisotopic (exact) mass is 288 g/mol. The van der Waals surface area contributed by atoms with Gasteiger partial charge in [0.25, 0.3) is 0 Å². The van der Waals surface area contributed by atoms with E-state index in [-0.39, 0.29) is 5.75 Å². The largest absolute Gasteiger partial charge is 0.303 e. The number of rotatable bonds is 5. The van der Waals surface area contributed by atoms with E-state index in [0.29, 0.717) is 11.3 Å². The fourth-order valence-electron chi connectivity index (χ4n) is 2.06. The molecule has 2 rings (SSSR count). The second kappa shape index (κ2) is 6.01. The van der Waals surface area contributed by atoms with Crippen LogP contribution < -0.4 is 0 Å². The zero-order valence-corrected chi connectivity index (χ0v) is 12.1. The average molecular weight is 288 g/mol. The quantitative estimate of drug-likeness (QED) is 0.795. The van der Waals surface area contributed by atoms with Gasteiger partial charge in [0.1, 0.15) is 6.29 Å². The molecule has 0 amide bonds. The Morgan fingerprint density at radius 1 is 1.05 bits per heavy atom. The first-order valence-electron chi connectivity index (χ1n) is 6.33. The zero-order valence-electron chi connectivity index (χ0n) is 11.2. The van der Waals surface area contributed by atoms with Crippen molar-refractivity contribution < 1.29 is 13.2 Å². The second-order valence-electron chi connectivity index (χ2n) is 4.70. The third-order valence-corrected chi connectivity index (χ3v) is 4.86. The van der Waals surface area contributed by atoms with Gasteiger partial charge in [-0.05, 0) is 35.7 Å². The molecular formula is C16H16O3S. The molecule has 0 saturated carbocycles. The third-order valence-electron chi connectivity index (χ3n) is 3.18. The Balaban J connectivity index is 2.30. The van der Waals surface area contributed by atoms with Crippen LogP contribution in [0.25, 0.3) is 0 Å². The molecule has 0 aliphatic carbocycles. The minimum absolute atomic E-state index is 0.0136. The Bertz CT molecular complexity index is 704. The van der Waals surface area contributed by atoms with Gasteiger partial charge in [0, 0.05) is 6.42 Å². The van der Waals surface area contributed by atoms with Crippen molar-refractivity contribution in [3.63, 3.8) is 0 Å². The van der Waals surface area contributed by atoms with Crippen LogP contribution in [0.2, 0.25) is 0 Å². The van der Waals surface area contributed by atoms with E-state index in [1.807, 2.05) is 25.1 Å². The maximum absolute atomic E-state index is 12.4. The lowest BCUT2D eigenvalue weighted by Gasteiger charge is -2.08. The molecule has 0 aromatic heterocycles. The summed E-state index contributed by atoms with van der Waals surface area (Å²) in [6.07, 6.45) is 1.13. The Kier molecular flexibility index (Phi) is 4.35. The molecule has 0 radical (unpaired) electrons. The fourth-order valence-corrected chi connectivity index (χ4v) is 3.49. The van der Waals surface area contributed by atoms with Crippen LogP contribution in [0.5, 0.6) is 0 Å². The standard InChI is InChI=1S/C16H16O3S/c1-13-11-16(8-7-15(13)9-10-17)20(18,19)12-14-5-3-2-4-6-14/h2-8,10-11H,9,12H2,1H3. The van der Waals surface area contributed by atoms with E-state index >= 15 is 0 Å². The predicted molar refractivity (Wildman–Crippen MR) is 78.3 cm³/mol. The van der Waals surface area contributed by atoms with Gasteiger partial charge in [0.05, 0.1) is 10.6 Å². The molecule has 2 aromatic carbocycles. The summed E-state index contributed by atoms with van der Waals surface area (Å²) in [5, 5.41) is 0. The van der Waals surface area contributed by atoms with Gasteiger partial charge in [-0.25, -0.2) is 8.42 Å². The maximum atomic E-state index is 12.4. The van der Waals surface area contributed by atoms with Crippen molar-refractivity contribution in [3.8, 4) is 0 Å². The molecular weight excluding hydrogens is 272 g/mol. The third kappa shape index (κ3) is 3.33. The number of sulfone groups is 1. The van der Waals surface area contributed by atoms with Crippen molar-refractivity contribution in [3.05, 3.63) is 65.2 Å². The van der Waals surface area contributed by atoms with Gasteiger partial charge >= 0.3 is 0 Å². The highest BCUT2D eigenvalue weighted by Gasteiger charge is 2.16. The molecule has 0 heterocycles. The van der Waals surface area contributed by atoms with Crippen LogP contribution in [0.3, 0.4) is 0 Å². The average Bonchev–Trinajstić information content (AvgIpc) is 2.42. The summed E-state index contributed by atoms with van der Waals surface area (Å²) in [7, 11) is -3.36. The second-order valence-corrected chi connectivity index (χ2v) is 6.69. The number of aryl methyl sites for hydroxylation is 1. The number of carbonyl (C=O) groups is 1. The summed E-state index contributed by atoms with van der Waals surface area (Å²) in [5.41, 5.74) is 2.45. The number of hydrogen-bond donors (Lipinski definition) is 0. The molecule has 0 unspecified atom stereocenters. The van der Waals surface area contributed by atoms with Gasteiger partial charge < -0.3 is 4.79 Å². The summed E-state index contributed by atoms with van der Waals surface area (Å²) in [4.78, 5) is 10.8. The molecule has 3 nitrogen and oxygen atoms in total. The zero-order chi connectivity index (χ0) is 14.6. The Morgan fingerprint density at radius 3 is 2.35 bits per heavy atom. The number of aldehydes is 1. The summed E-state index contributed by atoms with van der Waals surface area (Å²) in [5.74, 6) is -0.0136. The molecule has 0 atom stereocenters. The summed E-state index contributed by atoms with van der Waals surface area (Å²) >= 11 is 0.